The van der Waals surface area contributed by atoms with Crippen molar-refractivity contribution in [1.29, 1.82) is 0 Å². The fourth-order valence-corrected chi connectivity index (χ4v) is 5.81. The van der Waals surface area contributed by atoms with E-state index in [1.165, 1.54) is 109 Å². The van der Waals surface area contributed by atoms with Crippen molar-refractivity contribution in [2.24, 2.45) is 5.73 Å². The number of esters is 2. The average molecular weight is 650 g/mol. The standard InChI is InChI=1S/C34H68NO8P/c1-3-5-7-9-11-12-13-14-15-16-17-18-19-21-23-25-27-34(37)43-32(31-42-44(38,39)41-29-28-35)30-40-33(36)26-24-22-20-10-8-6-4-2/h32H,3-31,35H2,1-2H3,(H,38,39). The van der Waals surface area contributed by atoms with Gasteiger partial charge in [-0.05, 0) is 12.8 Å². The highest BCUT2D eigenvalue weighted by atomic mass is 31.2. The van der Waals surface area contributed by atoms with Gasteiger partial charge in [-0.1, -0.05) is 149 Å². The van der Waals surface area contributed by atoms with Crippen molar-refractivity contribution in [3.63, 3.8) is 0 Å². The second-order valence-corrected chi connectivity index (χ2v) is 13.6. The summed E-state index contributed by atoms with van der Waals surface area (Å²) in [7, 11) is -4.35. The number of hydrogen-bond donors (Lipinski definition) is 2. The maximum Gasteiger partial charge on any atom is 0.472 e. The van der Waals surface area contributed by atoms with Gasteiger partial charge in [0, 0.05) is 19.4 Å². The van der Waals surface area contributed by atoms with Gasteiger partial charge in [0.05, 0.1) is 13.2 Å². The summed E-state index contributed by atoms with van der Waals surface area (Å²) in [5.41, 5.74) is 5.31. The van der Waals surface area contributed by atoms with Crippen LogP contribution in [-0.4, -0.2) is 49.3 Å². The van der Waals surface area contributed by atoms with Crippen LogP contribution in [0, 0.1) is 0 Å². The molecule has 0 heterocycles. The zero-order valence-corrected chi connectivity index (χ0v) is 29.3. The second kappa shape index (κ2) is 32.0. The first-order valence-corrected chi connectivity index (χ1v) is 19.5. The number of carbonyl (C=O) groups is 2. The summed E-state index contributed by atoms with van der Waals surface area (Å²) in [6.45, 7) is 3.69. The van der Waals surface area contributed by atoms with Gasteiger partial charge in [-0.15, -0.1) is 0 Å². The predicted molar refractivity (Wildman–Crippen MR) is 178 cm³/mol. The van der Waals surface area contributed by atoms with E-state index < -0.39 is 26.5 Å². The topological polar surface area (TPSA) is 134 Å². The molecule has 0 spiro atoms. The SMILES string of the molecule is CCCCCCCCCCCCCCCCCCC(=O)OC(COC(=O)CCCCCCCCC)COP(=O)(O)OCCN. The number of ether oxygens (including phenoxy) is 2. The van der Waals surface area contributed by atoms with Crippen molar-refractivity contribution < 1.29 is 37.6 Å². The monoisotopic (exact) mass is 649 g/mol. The Labute approximate surface area is 269 Å². The zero-order chi connectivity index (χ0) is 32.6. The number of carbonyl (C=O) groups excluding carboxylic acids is 2. The van der Waals surface area contributed by atoms with E-state index in [0.717, 1.165) is 32.1 Å². The first kappa shape index (κ1) is 43.0. The Balaban J connectivity index is 4.14. The molecule has 0 rings (SSSR count). The number of phosphoric acid groups is 1. The Morgan fingerprint density at radius 2 is 0.977 bits per heavy atom. The van der Waals surface area contributed by atoms with Crippen LogP contribution in [0.4, 0.5) is 0 Å². The normalized spacial score (nSPS) is 13.5. The van der Waals surface area contributed by atoms with E-state index in [9.17, 15) is 19.0 Å². The van der Waals surface area contributed by atoms with Crippen molar-refractivity contribution in [1.82, 2.24) is 0 Å². The van der Waals surface area contributed by atoms with Crippen LogP contribution in [-0.2, 0) is 32.7 Å². The molecule has 0 aliphatic rings. The summed E-state index contributed by atoms with van der Waals surface area (Å²) in [6, 6.07) is 0. The van der Waals surface area contributed by atoms with Crippen LogP contribution < -0.4 is 5.73 Å². The van der Waals surface area contributed by atoms with Crippen LogP contribution in [0.1, 0.15) is 174 Å². The van der Waals surface area contributed by atoms with Gasteiger partial charge in [-0.3, -0.25) is 18.6 Å². The summed E-state index contributed by atoms with van der Waals surface area (Å²) in [4.78, 5) is 34.5. The lowest BCUT2D eigenvalue weighted by atomic mass is 10.0. The van der Waals surface area contributed by atoms with Crippen LogP contribution in [0.2, 0.25) is 0 Å². The summed E-state index contributed by atoms with van der Waals surface area (Å²) >= 11 is 0. The minimum absolute atomic E-state index is 0.0574. The quantitative estimate of drug-likeness (QED) is 0.0397. The minimum atomic E-state index is -4.35. The predicted octanol–water partition coefficient (Wildman–Crippen LogP) is 9.33. The number of unbranched alkanes of at least 4 members (excludes halogenated alkanes) is 21. The van der Waals surface area contributed by atoms with E-state index in [1.54, 1.807) is 0 Å². The smallest absolute Gasteiger partial charge is 0.462 e. The van der Waals surface area contributed by atoms with Gasteiger partial charge in [0.25, 0.3) is 0 Å². The molecule has 0 saturated carbocycles. The van der Waals surface area contributed by atoms with E-state index in [-0.39, 0.29) is 38.6 Å². The Kier molecular flexibility index (Phi) is 31.3. The molecule has 0 aliphatic heterocycles. The van der Waals surface area contributed by atoms with Crippen molar-refractivity contribution in [3.05, 3.63) is 0 Å². The molecule has 3 N–H and O–H groups in total. The lowest BCUT2D eigenvalue weighted by Crippen LogP contribution is -2.29. The highest BCUT2D eigenvalue weighted by molar-refractivity contribution is 7.47. The van der Waals surface area contributed by atoms with Crippen LogP contribution in [0.5, 0.6) is 0 Å². The van der Waals surface area contributed by atoms with Crippen molar-refractivity contribution in [2.45, 2.75) is 180 Å². The summed E-state index contributed by atoms with van der Waals surface area (Å²) in [5, 5.41) is 0. The first-order chi connectivity index (χ1) is 21.3. The minimum Gasteiger partial charge on any atom is -0.462 e. The van der Waals surface area contributed by atoms with Crippen LogP contribution in [0.15, 0.2) is 0 Å². The zero-order valence-electron chi connectivity index (χ0n) is 28.4. The van der Waals surface area contributed by atoms with Gasteiger partial charge < -0.3 is 20.1 Å². The molecule has 44 heavy (non-hydrogen) atoms. The molecule has 0 fully saturated rings. The third-order valence-electron chi connectivity index (χ3n) is 7.74. The number of rotatable bonds is 34. The molecule has 9 nitrogen and oxygen atoms in total. The second-order valence-electron chi connectivity index (χ2n) is 12.1. The molecule has 2 unspecified atom stereocenters. The average Bonchev–Trinajstić information content (AvgIpc) is 3.00. The van der Waals surface area contributed by atoms with E-state index >= 15 is 0 Å². The van der Waals surface area contributed by atoms with E-state index in [4.69, 9.17) is 24.3 Å². The Morgan fingerprint density at radius 3 is 1.39 bits per heavy atom. The molecule has 0 amide bonds. The Morgan fingerprint density at radius 1 is 0.591 bits per heavy atom. The van der Waals surface area contributed by atoms with Gasteiger partial charge in [0.1, 0.15) is 6.61 Å². The molecule has 0 saturated heterocycles. The maximum atomic E-state index is 12.5. The van der Waals surface area contributed by atoms with Crippen LogP contribution >= 0.6 is 7.82 Å². The van der Waals surface area contributed by atoms with Gasteiger partial charge in [-0.25, -0.2) is 4.57 Å². The highest BCUT2D eigenvalue weighted by Crippen LogP contribution is 2.43. The third-order valence-corrected chi connectivity index (χ3v) is 8.73. The molecule has 0 aromatic carbocycles. The summed E-state index contributed by atoms with van der Waals surface area (Å²) < 4.78 is 32.5. The molecule has 0 aromatic heterocycles. The summed E-state index contributed by atoms with van der Waals surface area (Å²) in [5.74, 6) is -0.827. The van der Waals surface area contributed by atoms with Gasteiger partial charge in [0.2, 0.25) is 0 Å². The Hall–Kier alpha value is -0.990. The van der Waals surface area contributed by atoms with Crippen LogP contribution in [0.25, 0.3) is 0 Å². The largest absolute Gasteiger partial charge is 0.472 e. The fourth-order valence-electron chi connectivity index (χ4n) is 5.05. The van der Waals surface area contributed by atoms with Crippen molar-refractivity contribution in [2.75, 3.05) is 26.4 Å². The molecular formula is C34H68NO8P. The molecule has 0 bridgehead atoms. The van der Waals surface area contributed by atoms with Gasteiger partial charge in [-0.2, -0.15) is 0 Å². The van der Waals surface area contributed by atoms with Gasteiger partial charge in [0.15, 0.2) is 6.10 Å². The number of phosphoric ester groups is 1. The lowest BCUT2D eigenvalue weighted by molar-refractivity contribution is -0.161. The van der Waals surface area contributed by atoms with E-state index in [0.29, 0.717) is 6.42 Å². The molecule has 0 radical (unpaired) electrons. The molecule has 262 valence electrons. The van der Waals surface area contributed by atoms with Gasteiger partial charge >= 0.3 is 19.8 Å². The van der Waals surface area contributed by atoms with Crippen molar-refractivity contribution in [3.8, 4) is 0 Å². The maximum absolute atomic E-state index is 12.5. The third kappa shape index (κ3) is 31.0. The molecule has 10 heteroatoms. The number of hydrogen-bond acceptors (Lipinski definition) is 8. The number of nitrogens with two attached hydrogens (primary N) is 1. The van der Waals surface area contributed by atoms with E-state index in [2.05, 4.69) is 13.8 Å². The molecule has 0 aromatic rings. The van der Waals surface area contributed by atoms with E-state index in [1.807, 2.05) is 0 Å². The Bertz CT molecular complexity index is 709. The first-order valence-electron chi connectivity index (χ1n) is 18.0. The summed E-state index contributed by atoms with van der Waals surface area (Å²) in [6.07, 6.45) is 27.2. The highest BCUT2D eigenvalue weighted by Gasteiger charge is 2.25. The molecule has 2 atom stereocenters. The van der Waals surface area contributed by atoms with Crippen molar-refractivity contribution >= 4 is 19.8 Å². The molecule has 0 aliphatic carbocycles. The molecular weight excluding hydrogens is 581 g/mol. The lowest BCUT2D eigenvalue weighted by Gasteiger charge is -2.19. The van der Waals surface area contributed by atoms with Crippen LogP contribution in [0.3, 0.4) is 0 Å². The fraction of sp³-hybridized carbons (Fsp3) is 0.941.